The Bertz CT molecular complexity index is 892. The maximum Gasteiger partial charge on any atom is 0.433 e. The van der Waals surface area contributed by atoms with E-state index >= 15 is 0 Å². The molecule has 2 aromatic rings. The molecular weight excluding hydrogens is 371 g/mol. The van der Waals surface area contributed by atoms with Gasteiger partial charge in [-0.3, -0.25) is 19.3 Å². The molecule has 2 heterocycles. The second-order valence-corrected chi connectivity index (χ2v) is 6.53. The molecular formula is C16H12F3N3O3S. The number of benzene rings is 1. The van der Waals surface area contributed by atoms with Gasteiger partial charge < -0.3 is 4.98 Å². The highest BCUT2D eigenvalue weighted by Crippen LogP contribution is 2.28. The number of aromatic amines is 1. The number of hydrogen-bond donors (Lipinski definition) is 1. The van der Waals surface area contributed by atoms with Crippen LogP contribution in [0.1, 0.15) is 32.8 Å². The van der Waals surface area contributed by atoms with Crippen LogP contribution in [0.25, 0.3) is 0 Å². The molecule has 136 valence electrons. The van der Waals surface area contributed by atoms with Crippen LogP contribution >= 0.6 is 11.8 Å². The summed E-state index contributed by atoms with van der Waals surface area (Å²) < 4.78 is 38.0. The summed E-state index contributed by atoms with van der Waals surface area (Å²) in [6.45, 7) is 0.128. The lowest BCUT2D eigenvalue weighted by Crippen LogP contribution is -2.31. The average molecular weight is 383 g/mol. The first kappa shape index (κ1) is 18.2. The molecule has 2 amide bonds. The van der Waals surface area contributed by atoms with E-state index in [-0.39, 0.29) is 29.3 Å². The molecule has 26 heavy (non-hydrogen) atoms. The number of nitrogens with one attached hydrogen (secondary N) is 1. The lowest BCUT2D eigenvalue weighted by atomic mass is 10.1. The van der Waals surface area contributed by atoms with Crippen molar-refractivity contribution in [2.75, 3.05) is 12.3 Å². The van der Waals surface area contributed by atoms with E-state index in [9.17, 15) is 27.6 Å². The Labute approximate surface area is 149 Å². The molecule has 0 unspecified atom stereocenters. The van der Waals surface area contributed by atoms with Crippen LogP contribution in [0.4, 0.5) is 13.2 Å². The molecule has 3 rings (SSSR count). The van der Waals surface area contributed by atoms with Gasteiger partial charge in [0.05, 0.1) is 11.1 Å². The monoisotopic (exact) mass is 383 g/mol. The zero-order valence-corrected chi connectivity index (χ0v) is 14.0. The summed E-state index contributed by atoms with van der Waals surface area (Å²) in [7, 11) is 0. The minimum absolute atomic E-state index is 0.128. The fourth-order valence-corrected chi connectivity index (χ4v) is 3.29. The van der Waals surface area contributed by atoms with Gasteiger partial charge in [-0.2, -0.15) is 13.2 Å². The number of carbonyl (C=O) groups excluding carboxylic acids is 2. The molecule has 0 atom stereocenters. The van der Waals surface area contributed by atoms with Crippen molar-refractivity contribution in [3.63, 3.8) is 0 Å². The largest absolute Gasteiger partial charge is 0.433 e. The Morgan fingerprint density at radius 2 is 1.69 bits per heavy atom. The maximum atomic E-state index is 12.7. The number of fused-ring (bicyclic) bond motifs is 1. The van der Waals surface area contributed by atoms with Crippen molar-refractivity contribution in [3.8, 4) is 0 Å². The van der Waals surface area contributed by atoms with Crippen LogP contribution in [0.15, 0.2) is 40.3 Å². The van der Waals surface area contributed by atoms with Crippen molar-refractivity contribution in [1.82, 2.24) is 14.9 Å². The molecule has 10 heteroatoms. The van der Waals surface area contributed by atoms with Gasteiger partial charge in [0.1, 0.15) is 0 Å². The van der Waals surface area contributed by atoms with E-state index < -0.39 is 17.4 Å². The number of alkyl halides is 3. The van der Waals surface area contributed by atoms with E-state index in [1.54, 1.807) is 24.3 Å². The first-order valence-corrected chi connectivity index (χ1v) is 8.52. The molecule has 1 aliphatic rings. The second-order valence-electron chi connectivity index (χ2n) is 5.44. The van der Waals surface area contributed by atoms with Crippen molar-refractivity contribution in [2.45, 2.75) is 17.8 Å². The summed E-state index contributed by atoms with van der Waals surface area (Å²) in [5.41, 5.74) is -1.47. The summed E-state index contributed by atoms with van der Waals surface area (Å²) >= 11 is 0.919. The van der Waals surface area contributed by atoms with Crippen molar-refractivity contribution in [3.05, 3.63) is 57.5 Å². The summed E-state index contributed by atoms with van der Waals surface area (Å²) in [4.78, 5) is 42.4. The fraction of sp³-hybridized carbons (Fsp3) is 0.250. The van der Waals surface area contributed by atoms with Crippen molar-refractivity contribution in [2.24, 2.45) is 0 Å². The quantitative estimate of drug-likeness (QED) is 0.371. The Hall–Kier alpha value is -2.62. The molecule has 1 aromatic carbocycles. The fourth-order valence-electron chi connectivity index (χ4n) is 2.48. The number of nitrogens with zero attached hydrogens (tertiary/aromatic N) is 2. The predicted molar refractivity (Wildman–Crippen MR) is 87.0 cm³/mol. The first-order chi connectivity index (χ1) is 12.3. The third-order valence-corrected chi connectivity index (χ3v) is 4.61. The van der Waals surface area contributed by atoms with Crippen LogP contribution in [0.3, 0.4) is 0 Å². The number of amides is 2. The van der Waals surface area contributed by atoms with Crippen LogP contribution in [0.5, 0.6) is 0 Å². The van der Waals surface area contributed by atoms with Crippen LogP contribution in [0.2, 0.25) is 0 Å². The maximum absolute atomic E-state index is 12.7. The lowest BCUT2D eigenvalue weighted by Gasteiger charge is -2.13. The zero-order chi connectivity index (χ0) is 18.9. The van der Waals surface area contributed by atoms with E-state index in [2.05, 4.69) is 9.97 Å². The molecule has 1 aliphatic heterocycles. The summed E-state index contributed by atoms with van der Waals surface area (Å²) in [6.07, 6.45) is -4.36. The van der Waals surface area contributed by atoms with Gasteiger partial charge in [0.2, 0.25) is 0 Å². The minimum atomic E-state index is -4.70. The van der Waals surface area contributed by atoms with Gasteiger partial charge in [-0.15, -0.1) is 0 Å². The van der Waals surface area contributed by atoms with Gasteiger partial charge in [0.25, 0.3) is 17.4 Å². The van der Waals surface area contributed by atoms with Crippen LogP contribution in [-0.4, -0.2) is 39.0 Å². The molecule has 0 saturated heterocycles. The van der Waals surface area contributed by atoms with Gasteiger partial charge >= 0.3 is 6.18 Å². The number of thioether (sulfide) groups is 1. The molecule has 0 spiro atoms. The van der Waals surface area contributed by atoms with E-state index in [0.717, 1.165) is 16.7 Å². The number of carbonyl (C=O) groups is 2. The van der Waals surface area contributed by atoms with Crippen LogP contribution in [0, 0.1) is 0 Å². The Morgan fingerprint density at radius 3 is 2.27 bits per heavy atom. The Morgan fingerprint density at radius 1 is 1.08 bits per heavy atom. The first-order valence-electron chi connectivity index (χ1n) is 7.54. The molecule has 1 aromatic heterocycles. The standard InChI is InChI=1S/C16H12F3N3O3S/c17-16(18,19)11-8-12(23)21-15(20-11)26-7-3-6-22-13(24)9-4-1-2-5-10(9)14(22)25/h1-2,4-5,8H,3,6-7H2,(H,20,21,23). The van der Waals surface area contributed by atoms with Crippen molar-refractivity contribution in [1.29, 1.82) is 0 Å². The minimum Gasteiger partial charge on any atom is -0.301 e. The van der Waals surface area contributed by atoms with Gasteiger partial charge in [-0.05, 0) is 18.6 Å². The molecule has 6 nitrogen and oxygen atoms in total. The molecule has 1 N–H and O–H groups in total. The number of halogens is 3. The lowest BCUT2D eigenvalue weighted by molar-refractivity contribution is -0.141. The highest BCUT2D eigenvalue weighted by Gasteiger charge is 2.35. The SMILES string of the molecule is O=C1c2ccccc2C(=O)N1CCCSc1nc(C(F)(F)F)cc(=O)[nH]1. The van der Waals surface area contributed by atoms with Gasteiger partial charge in [0, 0.05) is 18.4 Å². The van der Waals surface area contributed by atoms with Crippen molar-refractivity contribution < 1.29 is 22.8 Å². The molecule has 0 saturated carbocycles. The number of rotatable bonds is 5. The summed E-state index contributed by atoms with van der Waals surface area (Å²) in [5.74, 6) is -0.500. The predicted octanol–water partition coefficient (Wildman–Crippen LogP) is 2.57. The smallest absolute Gasteiger partial charge is 0.301 e. The van der Waals surface area contributed by atoms with Gasteiger partial charge in [-0.25, -0.2) is 4.98 Å². The Balaban J connectivity index is 1.59. The van der Waals surface area contributed by atoms with Crippen LogP contribution < -0.4 is 5.56 Å². The van der Waals surface area contributed by atoms with Gasteiger partial charge in [0.15, 0.2) is 10.9 Å². The van der Waals surface area contributed by atoms with E-state index in [1.165, 1.54) is 0 Å². The van der Waals surface area contributed by atoms with E-state index in [0.29, 0.717) is 23.6 Å². The summed E-state index contributed by atoms with van der Waals surface area (Å²) in [6, 6.07) is 6.87. The third-order valence-electron chi connectivity index (χ3n) is 3.65. The highest BCUT2D eigenvalue weighted by molar-refractivity contribution is 7.99. The summed E-state index contributed by atoms with van der Waals surface area (Å²) in [5, 5.41) is -0.160. The van der Waals surface area contributed by atoms with Gasteiger partial charge in [-0.1, -0.05) is 23.9 Å². The molecule has 0 bridgehead atoms. The second kappa shape index (κ2) is 6.94. The van der Waals surface area contributed by atoms with E-state index in [4.69, 9.17) is 0 Å². The van der Waals surface area contributed by atoms with Crippen LogP contribution in [-0.2, 0) is 6.18 Å². The third kappa shape index (κ3) is 3.64. The molecule has 0 fully saturated rings. The number of imide groups is 1. The molecule has 0 aliphatic carbocycles. The van der Waals surface area contributed by atoms with E-state index in [1.807, 2.05) is 0 Å². The number of hydrogen-bond acceptors (Lipinski definition) is 5. The van der Waals surface area contributed by atoms with Crippen molar-refractivity contribution >= 4 is 23.6 Å². The average Bonchev–Trinajstić information content (AvgIpc) is 2.82. The number of aromatic nitrogens is 2. The zero-order valence-electron chi connectivity index (χ0n) is 13.2. The molecule has 0 radical (unpaired) electrons. The normalized spacial score (nSPS) is 14.0. The Kier molecular flexibility index (Phi) is 4.86. The topological polar surface area (TPSA) is 83.1 Å². The highest BCUT2D eigenvalue weighted by atomic mass is 32.2. The number of H-pyrrole nitrogens is 1.